The van der Waals surface area contributed by atoms with Crippen LogP contribution in [0.25, 0.3) is 17.0 Å². The number of halogens is 1. The summed E-state index contributed by atoms with van der Waals surface area (Å²) >= 11 is 0. The summed E-state index contributed by atoms with van der Waals surface area (Å²) in [5.74, 6) is -1.33. The molecule has 3 heterocycles. The van der Waals surface area contributed by atoms with Gasteiger partial charge in [-0.15, -0.1) is 0 Å². The molecular formula is C28H33FN6O5. The average Bonchev–Trinajstić information content (AvgIpc) is 3.34. The van der Waals surface area contributed by atoms with Crippen LogP contribution in [0.2, 0.25) is 0 Å². The number of methoxy groups -OCH3 is 1. The number of hydrogen-bond donors (Lipinski definition) is 3. The molecule has 12 heteroatoms. The number of carbonyl (C=O) groups excluding carboxylic acids is 3. The minimum atomic E-state index is -1.03. The molecule has 3 N–H and O–H groups in total. The molecule has 40 heavy (non-hydrogen) atoms. The van der Waals surface area contributed by atoms with Gasteiger partial charge in [0.05, 0.1) is 31.1 Å². The van der Waals surface area contributed by atoms with Crippen molar-refractivity contribution in [3.63, 3.8) is 0 Å². The van der Waals surface area contributed by atoms with Crippen LogP contribution >= 0.6 is 0 Å². The highest BCUT2D eigenvalue weighted by atomic mass is 19.1. The number of likely N-dealkylation sites (N-methyl/N-ethyl adjacent to an activating group) is 1. The number of anilines is 1. The van der Waals surface area contributed by atoms with Gasteiger partial charge in [-0.3, -0.25) is 19.4 Å². The Morgan fingerprint density at radius 3 is 2.70 bits per heavy atom. The van der Waals surface area contributed by atoms with E-state index in [-0.39, 0.29) is 24.6 Å². The molecule has 0 aliphatic carbocycles. The molecule has 0 spiro atoms. The largest absolute Gasteiger partial charge is 0.453 e. The maximum atomic E-state index is 14.4. The number of ether oxygens (including phenoxy) is 1. The Bertz CT molecular complexity index is 1520. The monoisotopic (exact) mass is 552 g/mol. The molecule has 0 aliphatic rings. The predicted octanol–water partition coefficient (Wildman–Crippen LogP) is 3.42. The van der Waals surface area contributed by atoms with Gasteiger partial charge in [0.1, 0.15) is 11.7 Å². The lowest BCUT2D eigenvalue weighted by molar-refractivity contribution is -0.123. The Morgan fingerprint density at radius 2 is 2.02 bits per heavy atom. The first-order chi connectivity index (χ1) is 19.0. The highest BCUT2D eigenvalue weighted by molar-refractivity contribution is 5.96. The fourth-order valence-corrected chi connectivity index (χ4v) is 3.86. The van der Waals surface area contributed by atoms with Crippen LogP contribution in [0.3, 0.4) is 0 Å². The molecule has 3 aromatic rings. The lowest BCUT2D eigenvalue weighted by Gasteiger charge is -2.17. The second-order valence-electron chi connectivity index (χ2n) is 9.54. The minimum Gasteiger partial charge on any atom is -0.453 e. The van der Waals surface area contributed by atoms with E-state index in [4.69, 9.17) is 0 Å². The van der Waals surface area contributed by atoms with Gasteiger partial charge >= 0.3 is 6.09 Å². The number of allylic oxidation sites excluding steroid dienone is 2. The van der Waals surface area contributed by atoms with E-state index in [0.717, 1.165) is 11.8 Å². The highest BCUT2D eigenvalue weighted by Crippen LogP contribution is 2.23. The SMILES string of the molecule is COC(=O)N[C@@H](CC/C=C/C(=O)N(C)C)C(=O)Nc1cccn(Cc2cc3c(F)cnc(C=C(C)C)c3[nH]2)c1=O. The smallest absolute Gasteiger partial charge is 0.407 e. The molecule has 0 aromatic carbocycles. The van der Waals surface area contributed by atoms with Crippen LogP contribution < -0.4 is 16.2 Å². The lowest BCUT2D eigenvalue weighted by Crippen LogP contribution is -2.44. The number of nitrogens with zero attached hydrogens (tertiary/aromatic N) is 3. The van der Waals surface area contributed by atoms with E-state index in [9.17, 15) is 23.6 Å². The Morgan fingerprint density at radius 1 is 1.27 bits per heavy atom. The van der Waals surface area contributed by atoms with E-state index < -0.39 is 29.4 Å². The van der Waals surface area contributed by atoms with Gasteiger partial charge in [0.15, 0.2) is 5.82 Å². The summed E-state index contributed by atoms with van der Waals surface area (Å²) in [6.45, 7) is 3.90. The van der Waals surface area contributed by atoms with Gasteiger partial charge in [0.2, 0.25) is 11.8 Å². The maximum Gasteiger partial charge on any atom is 0.407 e. The van der Waals surface area contributed by atoms with Crippen molar-refractivity contribution in [2.45, 2.75) is 39.3 Å². The van der Waals surface area contributed by atoms with Gasteiger partial charge in [-0.2, -0.15) is 0 Å². The van der Waals surface area contributed by atoms with Crippen LogP contribution in [0.4, 0.5) is 14.9 Å². The van der Waals surface area contributed by atoms with Crippen molar-refractivity contribution >= 4 is 40.6 Å². The van der Waals surface area contributed by atoms with Gasteiger partial charge in [0, 0.05) is 31.4 Å². The molecule has 0 radical (unpaired) electrons. The summed E-state index contributed by atoms with van der Waals surface area (Å²) in [5.41, 5.74) is 2.17. The van der Waals surface area contributed by atoms with Crippen molar-refractivity contribution in [2.75, 3.05) is 26.5 Å². The van der Waals surface area contributed by atoms with E-state index in [2.05, 4.69) is 25.3 Å². The lowest BCUT2D eigenvalue weighted by atomic mass is 10.1. The predicted molar refractivity (Wildman–Crippen MR) is 150 cm³/mol. The number of hydrogen-bond acceptors (Lipinski definition) is 6. The summed E-state index contributed by atoms with van der Waals surface area (Å²) in [6.07, 6.45) is 7.16. The number of fused-ring (bicyclic) bond motifs is 1. The van der Waals surface area contributed by atoms with Crippen LogP contribution in [0, 0.1) is 5.82 Å². The van der Waals surface area contributed by atoms with Crippen molar-refractivity contribution in [1.29, 1.82) is 0 Å². The quantitative estimate of drug-likeness (QED) is 0.330. The number of rotatable bonds is 10. The van der Waals surface area contributed by atoms with Crippen LogP contribution in [0.5, 0.6) is 0 Å². The summed E-state index contributed by atoms with van der Waals surface area (Å²) in [6, 6.07) is 3.63. The minimum absolute atomic E-state index is 0.00307. The second kappa shape index (κ2) is 13.4. The Hall–Kier alpha value is -4.74. The first kappa shape index (κ1) is 29.8. The van der Waals surface area contributed by atoms with Crippen molar-refractivity contribution < 1.29 is 23.5 Å². The zero-order chi connectivity index (χ0) is 29.4. The standard InChI is InChI=1S/C28H33FN6O5/c1-17(2)13-23-25-19(20(29)15-30-23)14-18(31-25)16-35-12-8-10-22(27(35)38)32-26(37)21(33-28(39)40-5)9-6-7-11-24(36)34(3)4/h7-8,10-15,21,31H,6,9,16H2,1-5H3,(H,32,37)(H,33,39)/b11-7+/t21-/m0/s1. The summed E-state index contributed by atoms with van der Waals surface area (Å²) < 4.78 is 20.4. The molecule has 0 unspecified atom stereocenters. The topological polar surface area (TPSA) is 138 Å². The molecule has 0 aliphatic heterocycles. The van der Waals surface area contributed by atoms with Crippen LogP contribution in [0.15, 0.2) is 53.1 Å². The molecule has 3 rings (SSSR count). The van der Waals surface area contributed by atoms with Crippen molar-refractivity contribution in [2.24, 2.45) is 0 Å². The average molecular weight is 553 g/mol. The van der Waals surface area contributed by atoms with Gasteiger partial charge < -0.3 is 29.8 Å². The van der Waals surface area contributed by atoms with E-state index >= 15 is 0 Å². The fraction of sp³-hybridized carbons (Fsp3) is 0.321. The molecule has 1 atom stereocenters. The van der Waals surface area contributed by atoms with Crippen molar-refractivity contribution in [1.82, 2.24) is 24.8 Å². The summed E-state index contributed by atoms with van der Waals surface area (Å²) in [4.78, 5) is 58.4. The third kappa shape index (κ3) is 7.65. The van der Waals surface area contributed by atoms with Crippen molar-refractivity contribution in [3.8, 4) is 0 Å². The van der Waals surface area contributed by atoms with Crippen LogP contribution in [-0.2, 0) is 20.9 Å². The zero-order valence-corrected chi connectivity index (χ0v) is 23.1. The molecule has 0 saturated carbocycles. The highest BCUT2D eigenvalue weighted by Gasteiger charge is 2.22. The van der Waals surface area contributed by atoms with Crippen molar-refractivity contribution in [3.05, 3.63) is 75.9 Å². The van der Waals surface area contributed by atoms with E-state index in [1.165, 1.54) is 28.7 Å². The number of pyridine rings is 2. The molecule has 0 fully saturated rings. The third-order valence-corrected chi connectivity index (χ3v) is 5.87. The number of H-pyrrole nitrogens is 1. The summed E-state index contributed by atoms with van der Waals surface area (Å²) in [7, 11) is 4.40. The number of amides is 3. The van der Waals surface area contributed by atoms with Gasteiger partial charge in [-0.1, -0.05) is 11.6 Å². The van der Waals surface area contributed by atoms with Crippen LogP contribution in [-0.4, -0.2) is 64.6 Å². The number of aromatic nitrogens is 3. The molecule has 0 bridgehead atoms. The van der Waals surface area contributed by atoms with Gasteiger partial charge in [0.25, 0.3) is 5.56 Å². The van der Waals surface area contributed by atoms with Gasteiger partial charge in [-0.05, 0) is 57.0 Å². The Kier molecular flexibility index (Phi) is 9.96. The number of alkyl carbamates (subject to hydrolysis) is 1. The molecule has 212 valence electrons. The van der Waals surface area contributed by atoms with E-state index in [1.807, 2.05) is 19.9 Å². The van der Waals surface area contributed by atoms with Gasteiger partial charge in [-0.25, -0.2) is 9.18 Å². The maximum absolute atomic E-state index is 14.4. The summed E-state index contributed by atoms with van der Waals surface area (Å²) in [5, 5.41) is 5.37. The van der Waals surface area contributed by atoms with E-state index in [0.29, 0.717) is 28.7 Å². The number of nitrogens with one attached hydrogen (secondary N) is 3. The molecule has 11 nitrogen and oxygen atoms in total. The molecular weight excluding hydrogens is 519 g/mol. The molecule has 3 amide bonds. The second-order valence-corrected chi connectivity index (χ2v) is 9.54. The number of aromatic amines is 1. The molecule has 3 aromatic heterocycles. The van der Waals surface area contributed by atoms with Crippen LogP contribution in [0.1, 0.15) is 38.1 Å². The van der Waals surface area contributed by atoms with E-state index in [1.54, 1.807) is 38.5 Å². The zero-order valence-electron chi connectivity index (χ0n) is 23.1. The Balaban J connectivity index is 1.80. The first-order valence-electron chi connectivity index (χ1n) is 12.5. The molecule has 0 saturated heterocycles. The normalized spacial score (nSPS) is 11.8. The number of carbonyl (C=O) groups is 3. The Labute approximate surface area is 230 Å². The fourth-order valence-electron chi connectivity index (χ4n) is 3.86. The third-order valence-electron chi connectivity index (χ3n) is 5.87. The first-order valence-corrected chi connectivity index (χ1v) is 12.5.